The second kappa shape index (κ2) is 5.53. The first kappa shape index (κ1) is 13.0. The standard InChI is InChI=1S/C17H19NO2/c1-12(18-17(19)13-7-3-2-4-8-13)16-11-14-9-5-6-10-15(14)20-16/h2-3,5-6,9-13H,4,7-8H2,1H3,(H,18,19). The number of amides is 1. The molecule has 3 rings (SSSR count). The molecule has 2 unspecified atom stereocenters. The maximum atomic E-state index is 12.2. The zero-order valence-corrected chi connectivity index (χ0v) is 11.6. The lowest BCUT2D eigenvalue weighted by molar-refractivity contribution is -0.126. The highest BCUT2D eigenvalue weighted by molar-refractivity contribution is 5.80. The first-order valence-electron chi connectivity index (χ1n) is 7.18. The molecule has 0 bridgehead atoms. The molecular formula is C17H19NO2. The van der Waals surface area contributed by atoms with Crippen molar-refractivity contribution < 1.29 is 9.21 Å². The van der Waals surface area contributed by atoms with Gasteiger partial charge in [-0.25, -0.2) is 0 Å². The third kappa shape index (κ3) is 2.62. The summed E-state index contributed by atoms with van der Waals surface area (Å²) in [4.78, 5) is 12.2. The van der Waals surface area contributed by atoms with Crippen LogP contribution >= 0.6 is 0 Å². The van der Waals surface area contributed by atoms with Gasteiger partial charge >= 0.3 is 0 Å². The van der Waals surface area contributed by atoms with Crippen molar-refractivity contribution in [3.63, 3.8) is 0 Å². The molecule has 20 heavy (non-hydrogen) atoms. The highest BCUT2D eigenvalue weighted by Crippen LogP contribution is 2.25. The number of nitrogens with one attached hydrogen (secondary N) is 1. The summed E-state index contributed by atoms with van der Waals surface area (Å²) in [5, 5.41) is 4.13. The van der Waals surface area contributed by atoms with Gasteiger partial charge in [0.15, 0.2) is 0 Å². The smallest absolute Gasteiger partial charge is 0.224 e. The summed E-state index contributed by atoms with van der Waals surface area (Å²) in [6, 6.07) is 9.80. The lowest BCUT2D eigenvalue weighted by Crippen LogP contribution is -2.33. The quantitative estimate of drug-likeness (QED) is 0.857. The molecule has 1 N–H and O–H groups in total. The average Bonchev–Trinajstić information content (AvgIpc) is 2.92. The van der Waals surface area contributed by atoms with E-state index < -0.39 is 0 Å². The number of hydrogen-bond donors (Lipinski definition) is 1. The Morgan fingerprint density at radius 2 is 2.20 bits per heavy atom. The van der Waals surface area contributed by atoms with Crippen molar-refractivity contribution in [1.29, 1.82) is 0 Å². The molecule has 0 aliphatic heterocycles. The Morgan fingerprint density at radius 1 is 1.35 bits per heavy atom. The van der Waals surface area contributed by atoms with Crippen LogP contribution in [0.4, 0.5) is 0 Å². The van der Waals surface area contributed by atoms with Crippen molar-refractivity contribution in [2.45, 2.75) is 32.2 Å². The molecule has 1 amide bonds. The average molecular weight is 269 g/mol. The maximum absolute atomic E-state index is 12.2. The van der Waals surface area contributed by atoms with Gasteiger partial charge in [-0.05, 0) is 38.3 Å². The Hall–Kier alpha value is -2.03. The molecule has 2 atom stereocenters. The molecule has 3 heteroatoms. The lowest BCUT2D eigenvalue weighted by Gasteiger charge is -2.19. The van der Waals surface area contributed by atoms with Crippen LogP contribution in [0.2, 0.25) is 0 Å². The molecule has 104 valence electrons. The van der Waals surface area contributed by atoms with Gasteiger partial charge in [-0.1, -0.05) is 30.4 Å². The van der Waals surface area contributed by atoms with Gasteiger partial charge in [0.1, 0.15) is 11.3 Å². The van der Waals surface area contributed by atoms with Gasteiger partial charge in [-0.2, -0.15) is 0 Å². The van der Waals surface area contributed by atoms with Crippen molar-refractivity contribution in [2.75, 3.05) is 0 Å². The van der Waals surface area contributed by atoms with E-state index in [9.17, 15) is 4.79 Å². The first-order valence-corrected chi connectivity index (χ1v) is 7.18. The number of para-hydroxylation sites is 1. The summed E-state index contributed by atoms with van der Waals surface area (Å²) >= 11 is 0. The van der Waals surface area contributed by atoms with E-state index >= 15 is 0 Å². The van der Waals surface area contributed by atoms with Crippen molar-refractivity contribution in [1.82, 2.24) is 5.32 Å². The third-order valence-electron chi connectivity index (χ3n) is 3.87. The summed E-state index contributed by atoms with van der Waals surface area (Å²) in [6.45, 7) is 1.97. The molecular weight excluding hydrogens is 250 g/mol. The molecule has 3 nitrogen and oxygen atoms in total. The van der Waals surface area contributed by atoms with E-state index in [1.807, 2.05) is 37.3 Å². The largest absolute Gasteiger partial charge is 0.459 e. The highest BCUT2D eigenvalue weighted by atomic mass is 16.3. The van der Waals surface area contributed by atoms with Crippen LogP contribution in [-0.4, -0.2) is 5.91 Å². The predicted octanol–water partition coefficient (Wildman–Crippen LogP) is 3.97. The molecule has 1 aromatic carbocycles. The van der Waals surface area contributed by atoms with Crippen LogP contribution in [0.5, 0.6) is 0 Å². The van der Waals surface area contributed by atoms with Gasteiger partial charge in [0.05, 0.1) is 6.04 Å². The molecule has 0 fully saturated rings. The second-order valence-electron chi connectivity index (χ2n) is 5.40. The van der Waals surface area contributed by atoms with Crippen LogP contribution in [0, 0.1) is 5.92 Å². The van der Waals surface area contributed by atoms with E-state index in [2.05, 4.69) is 17.5 Å². The number of allylic oxidation sites excluding steroid dienone is 2. The van der Waals surface area contributed by atoms with E-state index in [-0.39, 0.29) is 17.9 Å². The van der Waals surface area contributed by atoms with Gasteiger partial charge in [0.2, 0.25) is 5.91 Å². The number of benzene rings is 1. The van der Waals surface area contributed by atoms with Crippen molar-refractivity contribution in [3.8, 4) is 0 Å². The summed E-state index contributed by atoms with van der Waals surface area (Å²) < 4.78 is 5.79. The fourth-order valence-electron chi connectivity index (χ4n) is 2.65. The lowest BCUT2D eigenvalue weighted by atomic mass is 9.93. The molecule has 1 aromatic heterocycles. The molecule has 1 aliphatic rings. The van der Waals surface area contributed by atoms with Crippen molar-refractivity contribution in [3.05, 3.63) is 48.2 Å². The summed E-state index contributed by atoms with van der Waals surface area (Å²) in [5.41, 5.74) is 0.865. The third-order valence-corrected chi connectivity index (χ3v) is 3.87. The van der Waals surface area contributed by atoms with Crippen LogP contribution in [0.1, 0.15) is 38.0 Å². The number of carbonyl (C=O) groups excluding carboxylic acids is 1. The maximum Gasteiger partial charge on any atom is 0.224 e. The molecule has 1 heterocycles. The number of fused-ring (bicyclic) bond motifs is 1. The molecule has 0 saturated carbocycles. The minimum Gasteiger partial charge on any atom is -0.459 e. The normalized spacial score (nSPS) is 19.9. The SMILES string of the molecule is CC(NC(=O)C1CC=CCC1)c1cc2ccccc2o1. The van der Waals surface area contributed by atoms with Gasteiger partial charge in [0, 0.05) is 11.3 Å². The number of furan rings is 1. The van der Waals surface area contributed by atoms with E-state index in [0.717, 1.165) is 36.0 Å². The summed E-state index contributed by atoms with van der Waals surface area (Å²) in [6.07, 6.45) is 7.02. The Kier molecular flexibility index (Phi) is 3.59. The fraction of sp³-hybridized carbons (Fsp3) is 0.353. The zero-order valence-electron chi connectivity index (χ0n) is 11.6. The Bertz CT molecular complexity index is 608. The van der Waals surface area contributed by atoms with Gasteiger partial charge in [0.25, 0.3) is 0 Å². The van der Waals surface area contributed by atoms with Gasteiger partial charge in [-0.3, -0.25) is 4.79 Å². The Morgan fingerprint density at radius 3 is 2.95 bits per heavy atom. The van der Waals surface area contributed by atoms with Crippen LogP contribution in [-0.2, 0) is 4.79 Å². The monoisotopic (exact) mass is 269 g/mol. The van der Waals surface area contributed by atoms with E-state index in [4.69, 9.17) is 4.42 Å². The van der Waals surface area contributed by atoms with Crippen LogP contribution in [0.3, 0.4) is 0 Å². The summed E-state index contributed by atoms with van der Waals surface area (Å²) in [5.74, 6) is 1.04. The molecule has 0 spiro atoms. The highest BCUT2D eigenvalue weighted by Gasteiger charge is 2.21. The van der Waals surface area contributed by atoms with E-state index in [1.54, 1.807) is 0 Å². The predicted molar refractivity (Wildman–Crippen MR) is 79.3 cm³/mol. The van der Waals surface area contributed by atoms with E-state index in [1.165, 1.54) is 0 Å². The molecule has 0 radical (unpaired) electrons. The fourth-order valence-corrected chi connectivity index (χ4v) is 2.65. The number of carbonyl (C=O) groups is 1. The van der Waals surface area contributed by atoms with Crippen molar-refractivity contribution >= 4 is 16.9 Å². The van der Waals surface area contributed by atoms with Crippen LogP contribution in [0.15, 0.2) is 46.9 Å². The zero-order chi connectivity index (χ0) is 13.9. The molecule has 1 aliphatic carbocycles. The first-order chi connectivity index (χ1) is 9.74. The Labute approximate surface area is 118 Å². The number of hydrogen-bond acceptors (Lipinski definition) is 2. The van der Waals surface area contributed by atoms with Gasteiger partial charge < -0.3 is 9.73 Å². The summed E-state index contributed by atoms with van der Waals surface area (Å²) in [7, 11) is 0. The van der Waals surface area contributed by atoms with Crippen LogP contribution < -0.4 is 5.32 Å². The minimum absolute atomic E-state index is 0.0965. The Balaban J connectivity index is 1.70. The second-order valence-corrected chi connectivity index (χ2v) is 5.40. The van der Waals surface area contributed by atoms with E-state index in [0.29, 0.717) is 0 Å². The minimum atomic E-state index is -0.0965. The topological polar surface area (TPSA) is 42.2 Å². The van der Waals surface area contributed by atoms with Crippen molar-refractivity contribution in [2.24, 2.45) is 5.92 Å². The molecule has 0 saturated heterocycles. The van der Waals surface area contributed by atoms with Crippen LogP contribution in [0.25, 0.3) is 11.0 Å². The number of rotatable bonds is 3. The van der Waals surface area contributed by atoms with Gasteiger partial charge in [-0.15, -0.1) is 0 Å². The molecule has 2 aromatic rings.